The number of nitrogens with zero attached hydrogens (tertiary/aromatic N) is 1. The second kappa shape index (κ2) is 5.95. The Morgan fingerprint density at radius 3 is 2.93 bits per heavy atom. The van der Waals surface area contributed by atoms with Gasteiger partial charge in [-0.1, -0.05) is 0 Å². The highest BCUT2D eigenvalue weighted by atomic mass is 16.6. The van der Waals surface area contributed by atoms with E-state index in [1.165, 1.54) is 0 Å². The predicted octanol–water partition coefficient (Wildman–Crippen LogP) is 1.73. The lowest BCUT2D eigenvalue weighted by molar-refractivity contribution is 0.0720. The number of hydrogen-bond acceptors (Lipinski definition) is 3. The third-order valence-electron chi connectivity index (χ3n) is 2.69. The SMILES string of the molecule is CC(C)OC(=O)N1CCCC1CCCN. The van der Waals surface area contributed by atoms with Crippen molar-refractivity contribution in [2.75, 3.05) is 13.1 Å². The molecule has 4 heteroatoms. The van der Waals surface area contributed by atoms with Crippen LogP contribution >= 0.6 is 0 Å². The van der Waals surface area contributed by atoms with Crippen LogP contribution in [0.4, 0.5) is 4.79 Å². The number of amides is 1. The predicted molar refractivity (Wildman–Crippen MR) is 59.6 cm³/mol. The Labute approximate surface area is 91.8 Å². The topological polar surface area (TPSA) is 55.6 Å². The number of likely N-dealkylation sites (tertiary alicyclic amines) is 1. The largest absolute Gasteiger partial charge is 0.447 e. The van der Waals surface area contributed by atoms with Gasteiger partial charge in [0.05, 0.1) is 6.10 Å². The van der Waals surface area contributed by atoms with Gasteiger partial charge in [-0.25, -0.2) is 4.79 Å². The van der Waals surface area contributed by atoms with E-state index in [-0.39, 0.29) is 12.2 Å². The van der Waals surface area contributed by atoms with Crippen LogP contribution in [0, 0.1) is 0 Å². The molecular weight excluding hydrogens is 192 g/mol. The van der Waals surface area contributed by atoms with Gasteiger partial charge in [0.15, 0.2) is 0 Å². The molecule has 1 saturated heterocycles. The van der Waals surface area contributed by atoms with Gasteiger partial charge < -0.3 is 15.4 Å². The van der Waals surface area contributed by atoms with E-state index in [0.717, 1.165) is 32.2 Å². The summed E-state index contributed by atoms with van der Waals surface area (Å²) in [6, 6.07) is 0.347. The maximum Gasteiger partial charge on any atom is 0.410 e. The Morgan fingerprint density at radius 2 is 2.33 bits per heavy atom. The first-order valence-electron chi connectivity index (χ1n) is 5.82. The Balaban J connectivity index is 2.41. The maximum atomic E-state index is 11.7. The number of carbonyl (C=O) groups excluding carboxylic acids is 1. The van der Waals surface area contributed by atoms with Gasteiger partial charge in [-0.15, -0.1) is 0 Å². The van der Waals surface area contributed by atoms with Gasteiger partial charge in [-0.2, -0.15) is 0 Å². The highest BCUT2D eigenvalue weighted by molar-refractivity contribution is 5.68. The lowest BCUT2D eigenvalue weighted by atomic mass is 10.1. The third kappa shape index (κ3) is 3.70. The molecule has 0 spiro atoms. The molecule has 15 heavy (non-hydrogen) atoms. The minimum absolute atomic E-state index is 0.0340. The van der Waals surface area contributed by atoms with Crippen LogP contribution in [-0.4, -0.2) is 36.2 Å². The highest BCUT2D eigenvalue weighted by Crippen LogP contribution is 2.22. The molecule has 1 rings (SSSR count). The molecule has 0 radical (unpaired) electrons. The van der Waals surface area contributed by atoms with Crippen molar-refractivity contribution in [1.82, 2.24) is 4.90 Å². The number of rotatable bonds is 4. The summed E-state index contributed by atoms with van der Waals surface area (Å²) in [6.07, 6.45) is 3.97. The standard InChI is InChI=1S/C11H22N2O2/c1-9(2)15-11(14)13-8-4-6-10(13)5-3-7-12/h9-10H,3-8,12H2,1-2H3. The first-order chi connectivity index (χ1) is 7.15. The lowest BCUT2D eigenvalue weighted by Crippen LogP contribution is -2.37. The van der Waals surface area contributed by atoms with Gasteiger partial charge in [0.2, 0.25) is 0 Å². The molecule has 0 aromatic rings. The number of nitrogens with two attached hydrogens (primary N) is 1. The molecule has 0 aliphatic carbocycles. The van der Waals surface area contributed by atoms with E-state index in [9.17, 15) is 4.79 Å². The molecule has 1 aliphatic rings. The van der Waals surface area contributed by atoms with Crippen LogP contribution in [0.5, 0.6) is 0 Å². The number of carbonyl (C=O) groups is 1. The Morgan fingerprint density at radius 1 is 1.60 bits per heavy atom. The smallest absolute Gasteiger partial charge is 0.410 e. The number of hydrogen-bond donors (Lipinski definition) is 1. The van der Waals surface area contributed by atoms with Crippen LogP contribution in [0.1, 0.15) is 39.5 Å². The van der Waals surface area contributed by atoms with Crippen molar-refractivity contribution in [2.45, 2.75) is 51.7 Å². The van der Waals surface area contributed by atoms with E-state index in [1.54, 1.807) is 0 Å². The molecule has 1 unspecified atom stereocenters. The van der Waals surface area contributed by atoms with Crippen molar-refractivity contribution in [3.8, 4) is 0 Å². The molecule has 4 nitrogen and oxygen atoms in total. The zero-order valence-corrected chi connectivity index (χ0v) is 9.74. The Hall–Kier alpha value is -0.770. The molecule has 1 fully saturated rings. The van der Waals surface area contributed by atoms with Crippen LogP contribution < -0.4 is 5.73 Å². The van der Waals surface area contributed by atoms with Crippen LogP contribution in [0.2, 0.25) is 0 Å². The summed E-state index contributed by atoms with van der Waals surface area (Å²) in [5.41, 5.74) is 5.47. The van der Waals surface area contributed by atoms with Crippen molar-refractivity contribution >= 4 is 6.09 Å². The summed E-state index contributed by atoms with van der Waals surface area (Å²) in [5.74, 6) is 0. The van der Waals surface area contributed by atoms with Crippen molar-refractivity contribution in [1.29, 1.82) is 0 Å². The Kier molecular flexibility index (Phi) is 4.88. The van der Waals surface area contributed by atoms with E-state index >= 15 is 0 Å². The van der Waals surface area contributed by atoms with Crippen LogP contribution in [-0.2, 0) is 4.74 Å². The molecule has 2 N–H and O–H groups in total. The molecular formula is C11H22N2O2. The van der Waals surface area contributed by atoms with Crippen LogP contribution in [0.15, 0.2) is 0 Å². The average Bonchev–Trinajstić information content (AvgIpc) is 2.61. The summed E-state index contributed by atoms with van der Waals surface area (Å²) < 4.78 is 5.20. The summed E-state index contributed by atoms with van der Waals surface area (Å²) in [6.45, 7) is 5.29. The molecule has 0 aromatic carbocycles. The molecule has 0 saturated carbocycles. The minimum Gasteiger partial charge on any atom is -0.447 e. The Bertz CT molecular complexity index is 207. The fraction of sp³-hybridized carbons (Fsp3) is 0.909. The molecule has 88 valence electrons. The highest BCUT2D eigenvalue weighted by Gasteiger charge is 2.29. The fourth-order valence-corrected chi connectivity index (χ4v) is 2.00. The van der Waals surface area contributed by atoms with Gasteiger partial charge >= 0.3 is 6.09 Å². The van der Waals surface area contributed by atoms with E-state index in [0.29, 0.717) is 12.6 Å². The van der Waals surface area contributed by atoms with Crippen LogP contribution in [0.3, 0.4) is 0 Å². The third-order valence-corrected chi connectivity index (χ3v) is 2.69. The van der Waals surface area contributed by atoms with Gasteiger partial charge in [-0.05, 0) is 46.1 Å². The minimum atomic E-state index is -0.162. The second-order valence-corrected chi connectivity index (χ2v) is 4.35. The molecule has 1 aliphatic heterocycles. The van der Waals surface area contributed by atoms with E-state index in [4.69, 9.17) is 10.5 Å². The van der Waals surface area contributed by atoms with E-state index in [2.05, 4.69) is 0 Å². The van der Waals surface area contributed by atoms with Crippen molar-refractivity contribution in [3.05, 3.63) is 0 Å². The molecule has 0 bridgehead atoms. The van der Waals surface area contributed by atoms with Crippen LogP contribution in [0.25, 0.3) is 0 Å². The van der Waals surface area contributed by atoms with E-state index in [1.807, 2.05) is 18.7 Å². The monoisotopic (exact) mass is 214 g/mol. The van der Waals surface area contributed by atoms with E-state index < -0.39 is 0 Å². The quantitative estimate of drug-likeness (QED) is 0.775. The molecule has 1 amide bonds. The van der Waals surface area contributed by atoms with Gasteiger partial charge in [0, 0.05) is 12.6 Å². The first kappa shape index (κ1) is 12.3. The molecule has 1 heterocycles. The normalized spacial score (nSPS) is 21.1. The van der Waals surface area contributed by atoms with Gasteiger partial charge in [-0.3, -0.25) is 0 Å². The summed E-state index contributed by atoms with van der Waals surface area (Å²) in [7, 11) is 0. The summed E-state index contributed by atoms with van der Waals surface area (Å²) in [5, 5.41) is 0. The first-order valence-corrected chi connectivity index (χ1v) is 5.82. The zero-order valence-electron chi connectivity index (χ0n) is 9.74. The molecule has 1 atom stereocenters. The van der Waals surface area contributed by atoms with Crippen molar-refractivity contribution in [2.24, 2.45) is 5.73 Å². The van der Waals surface area contributed by atoms with Gasteiger partial charge in [0.1, 0.15) is 0 Å². The summed E-state index contributed by atoms with van der Waals surface area (Å²) in [4.78, 5) is 13.6. The lowest BCUT2D eigenvalue weighted by Gasteiger charge is -2.24. The zero-order chi connectivity index (χ0) is 11.3. The second-order valence-electron chi connectivity index (χ2n) is 4.35. The van der Waals surface area contributed by atoms with Crippen molar-refractivity contribution < 1.29 is 9.53 Å². The number of ether oxygens (including phenoxy) is 1. The molecule has 0 aromatic heterocycles. The maximum absolute atomic E-state index is 11.7. The average molecular weight is 214 g/mol. The van der Waals surface area contributed by atoms with Gasteiger partial charge in [0.25, 0.3) is 0 Å². The summed E-state index contributed by atoms with van der Waals surface area (Å²) >= 11 is 0. The fourth-order valence-electron chi connectivity index (χ4n) is 2.00. The van der Waals surface area contributed by atoms with Crippen molar-refractivity contribution in [3.63, 3.8) is 0 Å².